The number of ether oxygens (including phenoxy) is 1. The molecule has 0 saturated carbocycles. The third-order valence-corrected chi connectivity index (χ3v) is 4.27. The van der Waals surface area contributed by atoms with Gasteiger partial charge in [0.15, 0.2) is 0 Å². The zero-order chi connectivity index (χ0) is 17.3. The highest BCUT2D eigenvalue weighted by Crippen LogP contribution is 2.38. The molecule has 0 bridgehead atoms. The lowest BCUT2D eigenvalue weighted by Crippen LogP contribution is -2.30. The van der Waals surface area contributed by atoms with E-state index in [1.54, 1.807) is 29.8 Å². The van der Waals surface area contributed by atoms with E-state index in [0.29, 0.717) is 39.4 Å². The van der Waals surface area contributed by atoms with Crippen molar-refractivity contribution in [3.63, 3.8) is 0 Å². The highest BCUT2D eigenvalue weighted by Gasteiger charge is 2.35. The van der Waals surface area contributed by atoms with Crippen LogP contribution in [0.15, 0.2) is 35.8 Å². The Labute approximate surface area is 149 Å². The number of nitrogens with zero attached hydrogens (tertiary/aromatic N) is 3. The summed E-state index contributed by atoms with van der Waals surface area (Å²) in [5.74, 6) is 0.134. The summed E-state index contributed by atoms with van der Waals surface area (Å²) >= 11 is 12.4. The van der Waals surface area contributed by atoms with E-state index in [4.69, 9.17) is 27.9 Å². The van der Waals surface area contributed by atoms with Crippen LogP contribution in [0.3, 0.4) is 0 Å². The maximum Gasteiger partial charge on any atom is 0.338 e. The Morgan fingerprint density at radius 3 is 2.92 bits per heavy atom. The first kappa shape index (κ1) is 16.8. The van der Waals surface area contributed by atoms with E-state index in [0.717, 1.165) is 6.42 Å². The molecule has 0 spiro atoms. The van der Waals surface area contributed by atoms with Crippen LogP contribution in [-0.2, 0) is 9.53 Å². The Morgan fingerprint density at radius 2 is 2.21 bits per heavy atom. The van der Waals surface area contributed by atoms with E-state index < -0.39 is 12.0 Å². The van der Waals surface area contributed by atoms with Crippen molar-refractivity contribution in [2.45, 2.75) is 26.3 Å². The van der Waals surface area contributed by atoms with Crippen LogP contribution in [0.1, 0.15) is 31.9 Å². The molecule has 0 amide bonds. The summed E-state index contributed by atoms with van der Waals surface area (Å²) in [5, 5.41) is 8.28. The average molecular weight is 367 g/mol. The molecule has 0 fully saturated rings. The third kappa shape index (κ3) is 2.99. The summed E-state index contributed by atoms with van der Waals surface area (Å²) in [6, 6.07) is 4.62. The van der Waals surface area contributed by atoms with Crippen LogP contribution in [0.2, 0.25) is 10.0 Å². The standard InChI is InChI=1S/C16H16Cl2N4O2/c1-3-6-24-15(23)13-9(2)21-16-19-8-20-22(16)14(13)11-5-4-10(17)7-12(11)18/h4-5,7-8,14H,3,6H2,1-2H3,(H,19,20,21). The highest BCUT2D eigenvalue weighted by molar-refractivity contribution is 6.35. The van der Waals surface area contributed by atoms with Gasteiger partial charge in [-0.25, -0.2) is 9.48 Å². The van der Waals surface area contributed by atoms with Crippen molar-refractivity contribution in [2.75, 3.05) is 11.9 Å². The summed E-state index contributed by atoms with van der Waals surface area (Å²) in [7, 11) is 0. The smallest absolute Gasteiger partial charge is 0.338 e. The largest absolute Gasteiger partial charge is 0.462 e. The number of aromatic nitrogens is 3. The summed E-state index contributed by atoms with van der Waals surface area (Å²) in [6.45, 7) is 4.09. The van der Waals surface area contributed by atoms with Crippen molar-refractivity contribution in [1.29, 1.82) is 0 Å². The van der Waals surface area contributed by atoms with Gasteiger partial charge in [-0.3, -0.25) is 0 Å². The minimum Gasteiger partial charge on any atom is -0.462 e. The average Bonchev–Trinajstić information content (AvgIpc) is 2.99. The van der Waals surface area contributed by atoms with Gasteiger partial charge in [-0.15, -0.1) is 0 Å². The molecule has 6 nitrogen and oxygen atoms in total. The van der Waals surface area contributed by atoms with E-state index in [1.807, 2.05) is 6.92 Å². The molecule has 0 aliphatic carbocycles. The molecule has 2 heterocycles. The Bertz CT molecular complexity index is 816. The number of allylic oxidation sites excluding steroid dienone is 1. The van der Waals surface area contributed by atoms with E-state index in [1.165, 1.54) is 6.33 Å². The van der Waals surface area contributed by atoms with Crippen LogP contribution >= 0.6 is 23.2 Å². The summed E-state index contributed by atoms with van der Waals surface area (Å²) in [6.07, 6.45) is 2.17. The second kappa shape index (κ2) is 6.83. The monoisotopic (exact) mass is 366 g/mol. The van der Waals surface area contributed by atoms with Crippen LogP contribution in [0.25, 0.3) is 0 Å². The molecule has 0 radical (unpaired) electrons. The Hall–Kier alpha value is -2.05. The maximum absolute atomic E-state index is 12.6. The van der Waals surface area contributed by atoms with Crippen LogP contribution in [0, 0.1) is 0 Å². The van der Waals surface area contributed by atoms with Crippen molar-refractivity contribution < 1.29 is 9.53 Å². The highest BCUT2D eigenvalue weighted by atomic mass is 35.5. The Morgan fingerprint density at radius 1 is 1.42 bits per heavy atom. The first-order valence-corrected chi connectivity index (χ1v) is 8.28. The van der Waals surface area contributed by atoms with Gasteiger partial charge in [0.05, 0.1) is 12.2 Å². The minimum absolute atomic E-state index is 0.348. The van der Waals surface area contributed by atoms with Crippen LogP contribution < -0.4 is 5.32 Å². The van der Waals surface area contributed by atoms with Gasteiger partial charge in [0.2, 0.25) is 5.95 Å². The number of carbonyl (C=O) groups is 1. The van der Waals surface area contributed by atoms with E-state index in [-0.39, 0.29) is 0 Å². The number of esters is 1. The number of rotatable bonds is 4. The van der Waals surface area contributed by atoms with Crippen LogP contribution in [0.5, 0.6) is 0 Å². The molecule has 1 aliphatic rings. The van der Waals surface area contributed by atoms with Crippen molar-refractivity contribution in [3.8, 4) is 0 Å². The molecule has 1 aromatic heterocycles. The third-order valence-electron chi connectivity index (χ3n) is 3.71. The molecule has 1 unspecified atom stereocenters. The molecule has 2 aromatic rings. The first-order chi connectivity index (χ1) is 11.5. The summed E-state index contributed by atoms with van der Waals surface area (Å²) in [4.78, 5) is 16.8. The molecular weight excluding hydrogens is 351 g/mol. The molecular formula is C16H16Cl2N4O2. The summed E-state index contributed by atoms with van der Waals surface area (Å²) in [5.41, 5.74) is 1.82. The van der Waals surface area contributed by atoms with E-state index >= 15 is 0 Å². The van der Waals surface area contributed by atoms with E-state index in [2.05, 4.69) is 15.4 Å². The fourth-order valence-corrected chi connectivity index (χ4v) is 3.15. The quantitative estimate of drug-likeness (QED) is 0.832. The van der Waals surface area contributed by atoms with Gasteiger partial charge in [-0.2, -0.15) is 10.1 Å². The van der Waals surface area contributed by atoms with Gasteiger partial charge in [0.1, 0.15) is 12.4 Å². The molecule has 1 aliphatic heterocycles. The van der Waals surface area contributed by atoms with Crippen molar-refractivity contribution in [2.24, 2.45) is 0 Å². The van der Waals surface area contributed by atoms with Crippen LogP contribution in [-0.4, -0.2) is 27.3 Å². The number of benzene rings is 1. The molecule has 24 heavy (non-hydrogen) atoms. The normalized spacial score (nSPS) is 16.6. The second-order valence-electron chi connectivity index (χ2n) is 5.40. The zero-order valence-electron chi connectivity index (χ0n) is 13.2. The molecule has 1 N–H and O–H groups in total. The van der Waals surface area contributed by atoms with Crippen molar-refractivity contribution in [3.05, 3.63) is 51.4 Å². The van der Waals surface area contributed by atoms with Crippen LogP contribution in [0.4, 0.5) is 5.95 Å². The van der Waals surface area contributed by atoms with Crippen molar-refractivity contribution >= 4 is 35.1 Å². The number of fused-ring (bicyclic) bond motifs is 1. The van der Waals surface area contributed by atoms with Gasteiger partial charge in [-0.1, -0.05) is 36.2 Å². The number of hydrogen-bond acceptors (Lipinski definition) is 5. The lowest BCUT2D eigenvalue weighted by atomic mass is 9.96. The van der Waals surface area contributed by atoms with Gasteiger partial charge < -0.3 is 10.1 Å². The number of hydrogen-bond donors (Lipinski definition) is 1. The molecule has 0 saturated heterocycles. The van der Waals surface area contributed by atoms with Gasteiger partial charge in [0.25, 0.3) is 0 Å². The predicted molar refractivity (Wildman–Crippen MR) is 92.2 cm³/mol. The predicted octanol–water partition coefficient (Wildman–Crippen LogP) is 3.83. The molecule has 1 atom stereocenters. The number of carbonyl (C=O) groups excluding carboxylic acids is 1. The lowest BCUT2D eigenvalue weighted by Gasteiger charge is -2.28. The van der Waals surface area contributed by atoms with Crippen molar-refractivity contribution in [1.82, 2.24) is 14.8 Å². The maximum atomic E-state index is 12.6. The zero-order valence-corrected chi connectivity index (χ0v) is 14.7. The van der Waals surface area contributed by atoms with Gasteiger partial charge >= 0.3 is 5.97 Å². The molecule has 1 aromatic carbocycles. The second-order valence-corrected chi connectivity index (χ2v) is 6.24. The Balaban J connectivity index is 2.12. The number of anilines is 1. The minimum atomic E-state index is -0.530. The fourth-order valence-electron chi connectivity index (χ4n) is 2.64. The molecule has 3 rings (SSSR count). The molecule has 126 valence electrons. The Kier molecular flexibility index (Phi) is 4.78. The lowest BCUT2D eigenvalue weighted by molar-refractivity contribution is -0.139. The van der Waals surface area contributed by atoms with E-state index in [9.17, 15) is 4.79 Å². The topological polar surface area (TPSA) is 69.0 Å². The number of nitrogens with one attached hydrogen (secondary N) is 1. The fraction of sp³-hybridized carbons (Fsp3) is 0.312. The summed E-state index contributed by atoms with van der Waals surface area (Å²) < 4.78 is 6.96. The first-order valence-electron chi connectivity index (χ1n) is 7.52. The van der Waals surface area contributed by atoms with Gasteiger partial charge in [0, 0.05) is 21.3 Å². The molecule has 8 heteroatoms. The SMILES string of the molecule is CCCOC(=O)C1=C(C)Nc2ncnn2C1c1ccc(Cl)cc1Cl. The van der Waals surface area contributed by atoms with Gasteiger partial charge in [-0.05, 0) is 25.5 Å². The number of halogens is 2.